The predicted octanol–water partition coefficient (Wildman–Crippen LogP) is 6.49. The first-order valence-corrected chi connectivity index (χ1v) is 17.4. The molecule has 0 atom stereocenters. The van der Waals surface area contributed by atoms with E-state index in [2.05, 4.69) is 30.5 Å². The zero-order valence-corrected chi connectivity index (χ0v) is 28.5. The molecule has 5 aromatic rings. The van der Waals surface area contributed by atoms with Gasteiger partial charge in [0.05, 0.1) is 23.2 Å². The van der Waals surface area contributed by atoms with Crippen LogP contribution in [0.2, 0.25) is 0 Å². The Bertz CT molecular complexity index is 2060. The van der Waals surface area contributed by atoms with E-state index in [-0.39, 0.29) is 23.3 Å². The van der Waals surface area contributed by atoms with E-state index >= 15 is 0 Å². The highest BCUT2D eigenvalue weighted by atomic mass is 32.1. The highest BCUT2D eigenvalue weighted by Crippen LogP contribution is 2.47. The molecule has 5 aromatic heterocycles. The lowest BCUT2D eigenvalue weighted by Crippen LogP contribution is -2.33. The van der Waals surface area contributed by atoms with E-state index in [0.717, 1.165) is 46.5 Å². The number of likely N-dealkylation sites (N-methyl/N-ethyl adjacent to an activating group) is 4. The lowest BCUT2D eigenvalue weighted by Gasteiger charge is -2.16. The summed E-state index contributed by atoms with van der Waals surface area (Å²) < 4.78 is 22.0. The molecule has 9 nitrogen and oxygen atoms in total. The third kappa shape index (κ3) is 4.76. The van der Waals surface area contributed by atoms with Crippen molar-refractivity contribution in [3.63, 3.8) is 0 Å². The molecular formula is C32H29N5O4S4. The monoisotopic (exact) mass is 677 g/mol. The first kappa shape index (κ1) is 27.3. The van der Waals surface area contributed by atoms with Crippen LogP contribution < -0.4 is 0 Å². The molecule has 0 radical (unpaired) electrons. The summed E-state index contributed by atoms with van der Waals surface area (Å²) in [5.74, 6) is -1.52. The van der Waals surface area contributed by atoms with E-state index in [4.69, 9.17) is 2.74 Å². The Morgan fingerprint density at radius 2 is 1.00 bits per heavy atom. The topological polar surface area (TPSA) is 86.2 Å². The van der Waals surface area contributed by atoms with Gasteiger partial charge in [-0.15, -0.1) is 45.3 Å². The second kappa shape index (κ2) is 10.8. The Kier molecular flexibility index (Phi) is 6.55. The van der Waals surface area contributed by atoms with E-state index in [1.165, 1.54) is 70.9 Å². The van der Waals surface area contributed by atoms with Crippen molar-refractivity contribution in [2.75, 3.05) is 28.2 Å². The Balaban J connectivity index is 1.27. The molecule has 0 aromatic carbocycles. The number of carbonyl (C=O) groups is 4. The van der Waals surface area contributed by atoms with Crippen molar-refractivity contribution in [2.45, 2.75) is 20.4 Å². The number of carbonyl (C=O) groups excluding carboxylic acids is 4. The Morgan fingerprint density at radius 3 is 1.36 bits per heavy atom. The van der Waals surface area contributed by atoms with Crippen LogP contribution in [0, 0.1) is 5.92 Å². The molecule has 0 spiro atoms. The van der Waals surface area contributed by atoms with Crippen molar-refractivity contribution in [3.05, 3.63) is 57.3 Å². The summed E-state index contributed by atoms with van der Waals surface area (Å²) in [5, 5.41) is 4.87. The first-order valence-electron chi connectivity index (χ1n) is 15.1. The molecule has 0 N–H and O–H groups in total. The molecule has 4 amide bonds. The molecule has 13 heteroatoms. The van der Waals surface area contributed by atoms with Gasteiger partial charge in [-0.3, -0.25) is 39.2 Å². The average molecular weight is 678 g/mol. The van der Waals surface area contributed by atoms with Crippen LogP contribution in [0.15, 0.2) is 47.5 Å². The molecule has 2 aliphatic heterocycles. The normalized spacial score (nSPS) is 16.6. The molecule has 0 saturated carbocycles. The molecule has 0 aliphatic carbocycles. The van der Waals surface area contributed by atoms with Crippen LogP contribution in [-0.2, 0) is 25.7 Å². The summed E-state index contributed by atoms with van der Waals surface area (Å²) in [6.45, 7) is 5.19. The van der Waals surface area contributed by atoms with Crippen LogP contribution in [-0.4, -0.2) is 76.4 Å². The summed E-state index contributed by atoms with van der Waals surface area (Å²) in [6.07, 6.45) is 0. The zero-order chi connectivity index (χ0) is 33.6. The molecule has 7 rings (SSSR count). The quantitative estimate of drug-likeness (QED) is 0.152. The predicted molar refractivity (Wildman–Crippen MR) is 184 cm³/mol. The molecule has 45 heavy (non-hydrogen) atoms. The Hall–Kier alpha value is -4.04. The van der Waals surface area contributed by atoms with Gasteiger partial charge in [0.15, 0.2) is 0 Å². The summed E-state index contributed by atoms with van der Waals surface area (Å²) in [6, 6.07) is 11.7. The van der Waals surface area contributed by atoms with E-state index in [9.17, 15) is 19.2 Å². The van der Waals surface area contributed by atoms with Gasteiger partial charge in [0, 0.05) is 64.0 Å². The fraction of sp³-hybridized carbons (Fsp3) is 0.250. The number of hydrazine groups is 2. The van der Waals surface area contributed by atoms with Gasteiger partial charge in [0.1, 0.15) is 11.1 Å². The molecule has 2 aliphatic rings. The number of nitrogens with zero attached hydrogens (tertiary/aromatic N) is 5. The van der Waals surface area contributed by atoms with Crippen LogP contribution in [0.25, 0.3) is 52.0 Å². The van der Waals surface area contributed by atoms with E-state index in [1.54, 1.807) is 34.8 Å². The fourth-order valence-corrected chi connectivity index (χ4v) is 9.79. The maximum Gasteiger partial charge on any atom is 0.277 e. The summed E-state index contributed by atoms with van der Waals surface area (Å²) in [4.78, 5) is 55.7. The van der Waals surface area contributed by atoms with Crippen LogP contribution in [0.1, 0.15) is 26.3 Å². The average Bonchev–Trinajstić information content (AvgIpc) is 3.88. The number of hydrogen-bond donors (Lipinski definition) is 0. The van der Waals surface area contributed by atoms with E-state index in [0.29, 0.717) is 15.7 Å². The Labute approximate surface area is 278 Å². The van der Waals surface area contributed by atoms with Gasteiger partial charge in [0.25, 0.3) is 23.6 Å². The van der Waals surface area contributed by atoms with Crippen molar-refractivity contribution >= 4 is 102 Å². The minimum Gasteiger partial charge on any atom is -0.339 e. The number of rotatable bonds is 6. The first-order chi connectivity index (χ1) is 22.3. The SMILES string of the molecule is [2H]C(=C1C(=O)N(C)N(C)C1=O)c1ccc(-c2cc3c(s2)c2sc(-c4ccc(C([2H])=C5C(=O)N(C)N(C)C5=O)s4)cc2n3CC(C)C)s1. The number of amides is 4. The fourth-order valence-electron chi connectivity index (χ4n) is 5.33. The number of aromatic nitrogens is 1. The zero-order valence-electron chi connectivity index (χ0n) is 27.3. The van der Waals surface area contributed by atoms with Gasteiger partial charge in [0.2, 0.25) is 0 Å². The van der Waals surface area contributed by atoms with Crippen molar-refractivity contribution in [1.29, 1.82) is 0 Å². The van der Waals surface area contributed by atoms with Crippen molar-refractivity contribution in [1.82, 2.24) is 24.6 Å². The molecule has 230 valence electrons. The summed E-state index contributed by atoms with van der Waals surface area (Å²) in [7, 11) is 6.06. The maximum absolute atomic E-state index is 12.6. The van der Waals surface area contributed by atoms with Gasteiger partial charge in [-0.2, -0.15) is 0 Å². The highest BCUT2D eigenvalue weighted by Gasteiger charge is 2.37. The van der Waals surface area contributed by atoms with Crippen molar-refractivity contribution < 1.29 is 21.9 Å². The highest BCUT2D eigenvalue weighted by molar-refractivity contribution is 7.32. The second-order valence-corrected chi connectivity index (χ2v) is 15.6. The Morgan fingerprint density at radius 1 is 0.622 bits per heavy atom. The number of fused-ring (bicyclic) bond motifs is 3. The lowest BCUT2D eigenvalue weighted by atomic mass is 10.2. The number of hydrogen-bond acceptors (Lipinski definition) is 8. The molecular weight excluding hydrogens is 647 g/mol. The third-order valence-electron chi connectivity index (χ3n) is 7.89. The molecule has 0 bridgehead atoms. The van der Waals surface area contributed by atoms with E-state index < -0.39 is 23.6 Å². The smallest absolute Gasteiger partial charge is 0.277 e. The van der Waals surface area contributed by atoms with Gasteiger partial charge in [-0.05, 0) is 54.4 Å². The largest absolute Gasteiger partial charge is 0.339 e. The summed E-state index contributed by atoms with van der Waals surface area (Å²) >= 11 is 6.14. The van der Waals surface area contributed by atoms with Crippen molar-refractivity contribution in [2.24, 2.45) is 5.92 Å². The lowest BCUT2D eigenvalue weighted by molar-refractivity contribution is -0.141. The second-order valence-electron chi connectivity index (χ2n) is 11.3. The van der Waals surface area contributed by atoms with Gasteiger partial charge < -0.3 is 4.57 Å². The standard InChI is InChI=1S/C32H29N5O4S4/c1-16(2)15-37-21-13-25(23-9-7-17(42-23)11-19-29(38)33(3)34(4)30(19)39)44-27(21)28-22(37)14-26(45-28)24-10-8-18(43-24)12-20-31(40)35(5)36(6)32(20)41/h7-14,16H,15H2,1-6H3/i11D,12D. The van der Waals surface area contributed by atoms with Crippen LogP contribution >= 0.6 is 45.3 Å². The van der Waals surface area contributed by atoms with Gasteiger partial charge in [-0.25, -0.2) is 0 Å². The molecule has 0 unspecified atom stereocenters. The molecule has 2 saturated heterocycles. The molecule has 7 heterocycles. The summed E-state index contributed by atoms with van der Waals surface area (Å²) in [5.41, 5.74) is 2.02. The van der Waals surface area contributed by atoms with Gasteiger partial charge >= 0.3 is 0 Å². The molecule has 2 fully saturated rings. The van der Waals surface area contributed by atoms with Gasteiger partial charge in [-0.1, -0.05) is 13.8 Å². The maximum atomic E-state index is 12.6. The minimum absolute atomic E-state index is 0.0642. The van der Waals surface area contributed by atoms with Crippen LogP contribution in [0.4, 0.5) is 0 Å². The van der Waals surface area contributed by atoms with Crippen LogP contribution in [0.5, 0.6) is 0 Å². The third-order valence-corrected chi connectivity index (χ3v) is 12.7. The number of thiophene rings is 4. The van der Waals surface area contributed by atoms with Crippen molar-refractivity contribution in [3.8, 4) is 19.5 Å². The minimum atomic E-state index is -0.480. The van der Waals surface area contributed by atoms with Crippen LogP contribution in [0.3, 0.4) is 0 Å². The van der Waals surface area contributed by atoms with E-state index in [1.807, 2.05) is 12.1 Å².